The summed E-state index contributed by atoms with van der Waals surface area (Å²) in [7, 11) is 0. The quantitative estimate of drug-likeness (QED) is 0.743. The van der Waals surface area contributed by atoms with Crippen molar-refractivity contribution >= 4 is 17.5 Å². The second-order valence-corrected chi connectivity index (χ2v) is 3.74. The monoisotopic (exact) mass is 278 g/mol. The highest BCUT2D eigenvalue weighted by molar-refractivity contribution is 6.28. The third kappa shape index (κ3) is 2.65. The predicted octanol–water partition coefficient (Wildman–Crippen LogP) is 0.706. The lowest BCUT2D eigenvalue weighted by Gasteiger charge is -2.04. The molecule has 0 aliphatic heterocycles. The van der Waals surface area contributed by atoms with E-state index in [1.54, 1.807) is 12.3 Å². The van der Waals surface area contributed by atoms with E-state index in [2.05, 4.69) is 35.5 Å². The van der Waals surface area contributed by atoms with Gasteiger partial charge in [-0.15, -0.1) is 0 Å². The number of rotatable bonds is 4. The van der Waals surface area contributed by atoms with Gasteiger partial charge in [-0.1, -0.05) is 5.16 Å². The molecule has 0 bridgehead atoms. The molecule has 0 saturated heterocycles. The third-order valence-electron chi connectivity index (χ3n) is 2.13. The standard InChI is InChI=1S/C9H7ClN8O/c10-7-15-8(12-3-6-1-2-14-19-6)17-9(16-7)18-5-11-4-13-18/h1-2,4-5H,3H2,(H,12,15,16,17). The van der Waals surface area contributed by atoms with E-state index < -0.39 is 0 Å². The second kappa shape index (κ2) is 4.98. The summed E-state index contributed by atoms with van der Waals surface area (Å²) < 4.78 is 6.33. The van der Waals surface area contributed by atoms with Gasteiger partial charge in [0.2, 0.25) is 11.2 Å². The Morgan fingerprint density at radius 2 is 2.26 bits per heavy atom. The highest BCUT2D eigenvalue weighted by Gasteiger charge is 2.08. The van der Waals surface area contributed by atoms with E-state index in [0.29, 0.717) is 18.3 Å². The highest BCUT2D eigenvalue weighted by Crippen LogP contribution is 2.09. The van der Waals surface area contributed by atoms with Crippen LogP contribution in [0, 0.1) is 0 Å². The lowest BCUT2D eigenvalue weighted by molar-refractivity contribution is 0.387. The van der Waals surface area contributed by atoms with Crippen molar-refractivity contribution in [3.63, 3.8) is 0 Å². The molecule has 0 atom stereocenters. The Hall–Kier alpha value is -2.55. The summed E-state index contributed by atoms with van der Waals surface area (Å²) in [6.07, 6.45) is 4.39. The number of nitrogens with one attached hydrogen (secondary N) is 1. The van der Waals surface area contributed by atoms with Gasteiger partial charge in [0, 0.05) is 6.07 Å². The predicted molar refractivity (Wildman–Crippen MR) is 63.6 cm³/mol. The molecule has 3 aromatic rings. The van der Waals surface area contributed by atoms with Crippen LogP contribution in [0.4, 0.5) is 5.95 Å². The van der Waals surface area contributed by atoms with Gasteiger partial charge >= 0.3 is 0 Å². The van der Waals surface area contributed by atoms with Crippen LogP contribution in [-0.4, -0.2) is 34.9 Å². The number of anilines is 1. The van der Waals surface area contributed by atoms with Crippen LogP contribution in [0.3, 0.4) is 0 Å². The van der Waals surface area contributed by atoms with Crippen LogP contribution in [0.5, 0.6) is 0 Å². The van der Waals surface area contributed by atoms with E-state index in [1.807, 2.05) is 0 Å². The molecule has 96 valence electrons. The van der Waals surface area contributed by atoms with Crippen molar-refractivity contribution in [1.29, 1.82) is 0 Å². The van der Waals surface area contributed by atoms with Crippen molar-refractivity contribution in [2.75, 3.05) is 5.32 Å². The van der Waals surface area contributed by atoms with Gasteiger partial charge in [-0.05, 0) is 11.6 Å². The molecular weight excluding hydrogens is 272 g/mol. The van der Waals surface area contributed by atoms with Crippen molar-refractivity contribution in [2.24, 2.45) is 0 Å². The first-order valence-corrected chi connectivity index (χ1v) is 5.59. The molecule has 0 radical (unpaired) electrons. The summed E-state index contributed by atoms with van der Waals surface area (Å²) in [6, 6.07) is 1.73. The van der Waals surface area contributed by atoms with Crippen LogP contribution in [0.2, 0.25) is 5.28 Å². The molecule has 0 unspecified atom stereocenters. The average Bonchev–Trinajstić information content (AvgIpc) is 3.09. The van der Waals surface area contributed by atoms with Crippen molar-refractivity contribution in [1.82, 2.24) is 34.9 Å². The van der Waals surface area contributed by atoms with Gasteiger partial charge in [-0.2, -0.15) is 24.7 Å². The molecule has 0 aromatic carbocycles. The maximum atomic E-state index is 5.83. The summed E-state index contributed by atoms with van der Waals surface area (Å²) >= 11 is 5.83. The minimum absolute atomic E-state index is 0.0561. The summed E-state index contributed by atoms with van der Waals surface area (Å²) in [4.78, 5) is 15.9. The third-order valence-corrected chi connectivity index (χ3v) is 2.30. The normalized spacial score (nSPS) is 10.6. The van der Waals surface area contributed by atoms with Gasteiger partial charge in [-0.25, -0.2) is 4.98 Å². The topological polar surface area (TPSA) is 107 Å². The summed E-state index contributed by atoms with van der Waals surface area (Å²) in [6.45, 7) is 0.386. The fourth-order valence-electron chi connectivity index (χ4n) is 1.33. The molecule has 0 aliphatic rings. The maximum absolute atomic E-state index is 5.83. The van der Waals surface area contributed by atoms with Gasteiger partial charge in [0.1, 0.15) is 12.7 Å². The minimum atomic E-state index is 0.0561. The fourth-order valence-corrected chi connectivity index (χ4v) is 1.49. The molecule has 3 aromatic heterocycles. The molecule has 9 nitrogen and oxygen atoms in total. The maximum Gasteiger partial charge on any atom is 0.258 e. The summed E-state index contributed by atoms with van der Waals surface area (Å²) in [5, 5.41) is 10.5. The van der Waals surface area contributed by atoms with Crippen LogP contribution in [0.1, 0.15) is 5.76 Å². The zero-order chi connectivity index (χ0) is 13.1. The van der Waals surface area contributed by atoms with Crippen molar-refractivity contribution < 1.29 is 4.52 Å². The Kier molecular flexibility index (Phi) is 3.02. The van der Waals surface area contributed by atoms with Crippen LogP contribution >= 0.6 is 11.6 Å². The molecule has 0 aliphatic carbocycles. The Morgan fingerprint density at radius 1 is 1.32 bits per heavy atom. The molecule has 0 spiro atoms. The van der Waals surface area contributed by atoms with Crippen LogP contribution < -0.4 is 5.32 Å². The number of hydrogen-bond donors (Lipinski definition) is 1. The number of hydrogen-bond acceptors (Lipinski definition) is 8. The summed E-state index contributed by atoms with van der Waals surface area (Å²) in [5.41, 5.74) is 0. The lowest BCUT2D eigenvalue weighted by atomic mass is 10.4. The molecule has 19 heavy (non-hydrogen) atoms. The molecule has 0 fully saturated rings. The molecule has 3 heterocycles. The summed E-state index contributed by atoms with van der Waals surface area (Å²) in [5.74, 6) is 1.23. The van der Waals surface area contributed by atoms with E-state index in [9.17, 15) is 0 Å². The van der Waals surface area contributed by atoms with Crippen LogP contribution in [-0.2, 0) is 6.54 Å². The van der Waals surface area contributed by atoms with E-state index in [1.165, 1.54) is 17.3 Å². The van der Waals surface area contributed by atoms with E-state index >= 15 is 0 Å². The van der Waals surface area contributed by atoms with Crippen molar-refractivity contribution in [2.45, 2.75) is 6.54 Å². The molecular formula is C9H7ClN8O. The number of aromatic nitrogens is 7. The van der Waals surface area contributed by atoms with Gasteiger partial charge in [0.05, 0.1) is 12.7 Å². The molecule has 0 saturated carbocycles. The number of halogens is 1. The Balaban J connectivity index is 1.82. The van der Waals surface area contributed by atoms with Gasteiger partial charge in [-0.3, -0.25) is 0 Å². The Bertz CT molecular complexity index is 653. The zero-order valence-electron chi connectivity index (χ0n) is 9.43. The SMILES string of the molecule is Clc1nc(NCc2ccno2)nc(-n2cncn2)n1. The first-order chi connectivity index (χ1) is 9.31. The molecule has 0 amide bonds. The highest BCUT2D eigenvalue weighted by atomic mass is 35.5. The largest absolute Gasteiger partial charge is 0.360 e. The van der Waals surface area contributed by atoms with Crippen molar-refractivity contribution in [3.8, 4) is 5.95 Å². The van der Waals surface area contributed by atoms with Crippen LogP contribution in [0.15, 0.2) is 29.4 Å². The fraction of sp³-hybridized carbons (Fsp3) is 0.111. The number of nitrogens with zero attached hydrogens (tertiary/aromatic N) is 7. The average molecular weight is 279 g/mol. The minimum Gasteiger partial charge on any atom is -0.360 e. The molecule has 3 rings (SSSR count). The van der Waals surface area contributed by atoms with Gasteiger partial charge in [0.15, 0.2) is 5.76 Å². The first-order valence-electron chi connectivity index (χ1n) is 5.21. The zero-order valence-corrected chi connectivity index (χ0v) is 10.2. The van der Waals surface area contributed by atoms with E-state index in [4.69, 9.17) is 16.1 Å². The van der Waals surface area contributed by atoms with E-state index in [-0.39, 0.29) is 11.2 Å². The van der Waals surface area contributed by atoms with Crippen LogP contribution in [0.25, 0.3) is 5.95 Å². The van der Waals surface area contributed by atoms with Crippen molar-refractivity contribution in [3.05, 3.63) is 36.0 Å². The Morgan fingerprint density at radius 3 is 3.00 bits per heavy atom. The van der Waals surface area contributed by atoms with Gasteiger partial charge in [0.25, 0.3) is 5.95 Å². The second-order valence-electron chi connectivity index (χ2n) is 3.40. The lowest BCUT2D eigenvalue weighted by Crippen LogP contribution is -2.09. The van der Waals surface area contributed by atoms with Gasteiger partial charge < -0.3 is 9.84 Å². The first kappa shape index (κ1) is 11.5. The molecule has 1 N–H and O–H groups in total. The van der Waals surface area contributed by atoms with E-state index in [0.717, 1.165) is 0 Å². The molecule has 10 heteroatoms. The Labute approximate surface area is 111 Å². The smallest absolute Gasteiger partial charge is 0.258 e.